The lowest BCUT2D eigenvalue weighted by molar-refractivity contribution is 0.0512. The molecule has 1 aromatic heterocycles. The summed E-state index contributed by atoms with van der Waals surface area (Å²) < 4.78 is 11.5. The van der Waals surface area contributed by atoms with Crippen LogP contribution in [0.2, 0.25) is 5.15 Å². The van der Waals surface area contributed by atoms with Gasteiger partial charge in [-0.3, -0.25) is 0 Å². The monoisotopic (exact) mass is 287 g/mol. The number of ether oxygens (including phenoxy) is 2. The molecule has 5 nitrogen and oxygen atoms in total. The number of nitrogens with zero attached hydrogens (tertiary/aromatic N) is 1. The minimum absolute atomic E-state index is 0.210. The maximum atomic E-state index is 11.9. The van der Waals surface area contributed by atoms with Crippen LogP contribution in [0.5, 0.6) is 0 Å². The molecule has 0 fully saturated rings. The Hall–Kier alpha value is -1.49. The van der Waals surface area contributed by atoms with E-state index in [9.17, 15) is 9.59 Å². The van der Waals surface area contributed by atoms with Gasteiger partial charge in [0.2, 0.25) is 0 Å². The van der Waals surface area contributed by atoms with Crippen molar-refractivity contribution in [2.75, 3.05) is 13.2 Å². The van der Waals surface area contributed by atoms with Gasteiger partial charge >= 0.3 is 11.9 Å². The fraction of sp³-hybridized carbons (Fsp3) is 0.538. The van der Waals surface area contributed by atoms with Crippen molar-refractivity contribution in [2.45, 2.75) is 34.2 Å². The van der Waals surface area contributed by atoms with Gasteiger partial charge in [-0.05, 0) is 33.3 Å². The molecular weight excluding hydrogens is 270 g/mol. The first-order valence-corrected chi connectivity index (χ1v) is 6.60. The number of hydrogen-bond acceptors (Lipinski definition) is 4. The van der Waals surface area contributed by atoms with Gasteiger partial charge in [-0.25, -0.2) is 9.59 Å². The van der Waals surface area contributed by atoms with Gasteiger partial charge in [0.05, 0.1) is 13.2 Å². The van der Waals surface area contributed by atoms with Gasteiger partial charge in [0.25, 0.3) is 0 Å². The summed E-state index contributed by atoms with van der Waals surface area (Å²) in [5, 5.41) is 0.210. The Labute approximate surface area is 117 Å². The molecule has 0 amide bonds. The van der Waals surface area contributed by atoms with Crippen LogP contribution in [-0.4, -0.2) is 29.7 Å². The molecule has 6 heteroatoms. The molecule has 1 heterocycles. The topological polar surface area (TPSA) is 57.5 Å². The Morgan fingerprint density at radius 2 is 1.63 bits per heavy atom. The maximum absolute atomic E-state index is 11.9. The van der Waals surface area contributed by atoms with E-state index in [4.69, 9.17) is 21.1 Å². The van der Waals surface area contributed by atoms with Crippen LogP contribution in [0.4, 0.5) is 0 Å². The number of aromatic nitrogens is 1. The average molecular weight is 288 g/mol. The molecule has 19 heavy (non-hydrogen) atoms. The van der Waals surface area contributed by atoms with Gasteiger partial charge < -0.3 is 14.0 Å². The van der Waals surface area contributed by atoms with Gasteiger partial charge in [0.15, 0.2) is 0 Å². The smallest absolute Gasteiger partial charge is 0.355 e. The first-order chi connectivity index (χ1) is 8.99. The molecule has 0 saturated carbocycles. The van der Waals surface area contributed by atoms with E-state index in [0.29, 0.717) is 17.8 Å². The molecule has 0 saturated heterocycles. The summed E-state index contributed by atoms with van der Waals surface area (Å²) in [6.45, 7) is 7.91. The minimum atomic E-state index is -0.525. The van der Waals surface area contributed by atoms with E-state index in [1.807, 2.05) is 6.92 Å². The van der Waals surface area contributed by atoms with E-state index in [1.54, 1.807) is 25.3 Å². The van der Waals surface area contributed by atoms with E-state index >= 15 is 0 Å². The molecule has 0 unspecified atom stereocenters. The quantitative estimate of drug-likeness (QED) is 0.782. The molecule has 0 spiro atoms. The van der Waals surface area contributed by atoms with Crippen LogP contribution in [-0.2, 0) is 16.0 Å². The Morgan fingerprint density at radius 1 is 1.11 bits per heavy atom. The van der Waals surface area contributed by atoms with Gasteiger partial charge in [-0.1, -0.05) is 11.6 Å². The van der Waals surface area contributed by atoms with Crippen molar-refractivity contribution in [3.63, 3.8) is 0 Å². The summed E-state index contributed by atoms with van der Waals surface area (Å²) in [4.78, 5) is 23.8. The van der Waals surface area contributed by atoms with Gasteiger partial charge in [-0.15, -0.1) is 0 Å². The predicted octanol–water partition coefficient (Wildman–Crippen LogP) is 2.82. The predicted molar refractivity (Wildman–Crippen MR) is 71.8 cm³/mol. The van der Waals surface area contributed by atoms with Crippen molar-refractivity contribution < 1.29 is 19.1 Å². The summed E-state index contributed by atoms with van der Waals surface area (Å²) in [6, 6.07) is 0. The summed E-state index contributed by atoms with van der Waals surface area (Å²) in [7, 11) is 0. The minimum Gasteiger partial charge on any atom is -0.462 e. The zero-order chi connectivity index (χ0) is 14.6. The number of halogens is 1. The van der Waals surface area contributed by atoms with E-state index in [0.717, 1.165) is 0 Å². The van der Waals surface area contributed by atoms with Crippen molar-refractivity contribution in [1.29, 1.82) is 0 Å². The van der Waals surface area contributed by atoms with Crippen LogP contribution in [0, 0.1) is 6.92 Å². The molecule has 0 N–H and O–H groups in total. The highest BCUT2D eigenvalue weighted by Gasteiger charge is 2.28. The Kier molecular flexibility index (Phi) is 5.42. The molecule has 0 aromatic carbocycles. The second-order valence-electron chi connectivity index (χ2n) is 3.82. The zero-order valence-electron chi connectivity index (χ0n) is 11.6. The highest BCUT2D eigenvalue weighted by Crippen LogP contribution is 2.28. The average Bonchev–Trinajstić information content (AvgIpc) is 2.60. The number of hydrogen-bond donors (Lipinski definition) is 0. The second-order valence-corrected chi connectivity index (χ2v) is 4.18. The number of carbonyl (C=O) groups is 2. The molecule has 1 rings (SSSR count). The van der Waals surface area contributed by atoms with Crippen LogP contribution >= 0.6 is 11.6 Å². The zero-order valence-corrected chi connectivity index (χ0v) is 12.3. The summed E-state index contributed by atoms with van der Waals surface area (Å²) in [5.41, 5.74) is 1.02. The first-order valence-electron chi connectivity index (χ1n) is 6.22. The van der Waals surface area contributed by atoms with Gasteiger partial charge in [0, 0.05) is 6.54 Å². The summed E-state index contributed by atoms with van der Waals surface area (Å²) in [5.74, 6) is -1.01. The maximum Gasteiger partial charge on any atom is 0.355 e. The molecule has 0 radical (unpaired) electrons. The van der Waals surface area contributed by atoms with Crippen molar-refractivity contribution >= 4 is 23.5 Å². The SMILES string of the molecule is CCOC(=O)c1c(C)c(C(=O)OCC)n(CC)c1Cl. The largest absolute Gasteiger partial charge is 0.462 e. The van der Waals surface area contributed by atoms with Crippen molar-refractivity contribution in [2.24, 2.45) is 0 Å². The molecule has 0 aliphatic carbocycles. The fourth-order valence-corrected chi connectivity index (χ4v) is 2.33. The Bertz CT molecular complexity index is 493. The van der Waals surface area contributed by atoms with Gasteiger partial charge in [-0.2, -0.15) is 0 Å². The van der Waals surface area contributed by atoms with E-state index in [1.165, 1.54) is 0 Å². The van der Waals surface area contributed by atoms with Crippen LogP contribution in [0.25, 0.3) is 0 Å². The lowest BCUT2D eigenvalue weighted by Gasteiger charge is -2.07. The van der Waals surface area contributed by atoms with Crippen molar-refractivity contribution in [3.05, 3.63) is 22.0 Å². The standard InChI is InChI=1S/C13H18ClNO4/c1-5-15-10(13(17)19-7-3)8(4)9(11(15)14)12(16)18-6-2/h5-7H2,1-4H3. The fourth-order valence-electron chi connectivity index (χ4n) is 1.91. The summed E-state index contributed by atoms with van der Waals surface area (Å²) >= 11 is 6.16. The first kappa shape index (κ1) is 15.6. The normalized spacial score (nSPS) is 10.4. The van der Waals surface area contributed by atoms with Crippen LogP contribution in [0.1, 0.15) is 47.2 Å². The molecule has 1 aromatic rings. The molecule has 106 valence electrons. The Morgan fingerprint density at radius 3 is 2.11 bits per heavy atom. The number of esters is 2. The molecule has 0 bridgehead atoms. The van der Waals surface area contributed by atoms with Crippen LogP contribution in [0.3, 0.4) is 0 Å². The van der Waals surface area contributed by atoms with E-state index in [-0.39, 0.29) is 23.9 Å². The molecular formula is C13H18ClNO4. The van der Waals surface area contributed by atoms with E-state index < -0.39 is 11.9 Å². The van der Waals surface area contributed by atoms with Crippen molar-refractivity contribution in [3.8, 4) is 0 Å². The highest BCUT2D eigenvalue weighted by molar-refractivity contribution is 6.33. The second kappa shape index (κ2) is 6.61. The Balaban J connectivity index is 3.36. The number of rotatable bonds is 5. The highest BCUT2D eigenvalue weighted by atomic mass is 35.5. The van der Waals surface area contributed by atoms with Crippen LogP contribution in [0.15, 0.2) is 0 Å². The lowest BCUT2D eigenvalue weighted by Crippen LogP contribution is -2.12. The van der Waals surface area contributed by atoms with E-state index in [2.05, 4.69) is 0 Å². The van der Waals surface area contributed by atoms with Gasteiger partial charge in [0.1, 0.15) is 16.4 Å². The third kappa shape index (κ3) is 2.92. The molecule has 0 atom stereocenters. The third-order valence-corrected chi connectivity index (χ3v) is 3.10. The molecule has 0 aliphatic rings. The van der Waals surface area contributed by atoms with Crippen LogP contribution < -0.4 is 0 Å². The number of carbonyl (C=O) groups excluding carboxylic acids is 2. The third-order valence-electron chi connectivity index (χ3n) is 2.71. The van der Waals surface area contributed by atoms with Crippen molar-refractivity contribution in [1.82, 2.24) is 4.57 Å². The summed E-state index contributed by atoms with van der Waals surface area (Å²) in [6.07, 6.45) is 0. The molecule has 0 aliphatic heterocycles. The lowest BCUT2D eigenvalue weighted by atomic mass is 10.1.